The second kappa shape index (κ2) is 27.3. The van der Waals surface area contributed by atoms with Gasteiger partial charge in [-0.05, 0) is 250 Å². The summed E-state index contributed by atoms with van der Waals surface area (Å²) in [7, 11) is 0. The molecular weight excluding hydrogens is 1380 g/mol. The Morgan fingerprint density at radius 3 is 0.956 bits per heavy atom. The molecule has 0 aliphatic heterocycles. The first kappa shape index (κ1) is 67.8. The third-order valence-electron chi connectivity index (χ3n) is 24.3. The van der Waals surface area contributed by atoms with Crippen LogP contribution in [0, 0.1) is 0 Å². The minimum Gasteiger partial charge on any atom is -0.311 e. The zero-order chi connectivity index (χ0) is 76.2. The maximum absolute atomic E-state index is 2.47. The molecule has 0 spiro atoms. The number of fused-ring (bicyclic) bond motifs is 14. The first-order chi connectivity index (χ1) is 56.0. The largest absolute Gasteiger partial charge is 0.311 e. The third-order valence-corrected chi connectivity index (χ3v) is 24.3. The van der Waals surface area contributed by atoms with Crippen LogP contribution < -0.4 is 9.80 Å². The van der Waals surface area contributed by atoms with E-state index in [2.05, 4.69) is 459 Å². The summed E-state index contributed by atoms with van der Waals surface area (Å²) >= 11 is 0. The molecule has 0 amide bonds. The average Bonchev–Trinajstić information content (AvgIpc) is 1.55. The maximum atomic E-state index is 2.47. The number of benzene rings is 18. The van der Waals surface area contributed by atoms with Crippen LogP contribution in [0.5, 0.6) is 0 Å². The molecule has 0 saturated heterocycles. The SMILES string of the molecule is CC1(C)c2ccccc2-c2cc3c4ccccc4n(-c4ccc(N(c5ccc(-c6ccccc6)cc5)c5ccc(-c6ccc7ccccc7c6)cc5)cc4)c3cc21.CC1(C)c2ccccc2-c2cc3c4ccccc4n(-c4cccc(N(c5ccc(-c6ccccc6)cc5)c5ccc(-c6ccc7ccccc7c6)cc5)c4)c3cc21. The highest BCUT2D eigenvalue weighted by molar-refractivity contribution is 6.13. The van der Waals surface area contributed by atoms with E-state index in [-0.39, 0.29) is 10.8 Å². The minimum atomic E-state index is -0.0923. The van der Waals surface area contributed by atoms with Gasteiger partial charge in [-0.3, -0.25) is 0 Å². The number of para-hydroxylation sites is 2. The molecule has 0 N–H and O–H groups in total. The van der Waals surface area contributed by atoms with Crippen molar-refractivity contribution < 1.29 is 0 Å². The van der Waals surface area contributed by atoms with Crippen LogP contribution in [0.1, 0.15) is 49.9 Å². The quantitative estimate of drug-likeness (QED) is 0.121. The highest BCUT2D eigenvalue weighted by Crippen LogP contribution is 2.54. The topological polar surface area (TPSA) is 16.3 Å². The summed E-state index contributed by atoms with van der Waals surface area (Å²) in [6.45, 7) is 9.45. The normalized spacial score (nSPS) is 12.9. The number of hydrogen-bond donors (Lipinski definition) is 0. The summed E-state index contributed by atoms with van der Waals surface area (Å²) in [6, 6.07) is 151. The Morgan fingerprint density at radius 1 is 0.184 bits per heavy atom. The lowest BCUT2D eigenvalue weighted by Gasteiger charge is -2.27. The van der Waals surface area contributed by atoms with Gasteiger partial charge in [-0.2, -0.15) is 0 Å². The molecule has 2 aliphatic carbocycles. The first-order valence-corrected chi connectivity index (χ1v) is 39.7. The van der Waals surface area contributed by atoms with Crippen molar-refractivity contribution in [3.05, 3.63) is 435 Å². The minimum absolute atomic E-state index is 0.0777. The van der Waals surface area contributed by atoms with Crippen LogP contribution >= 0.6 is 0 Å². The fraction of sp³-hybridized carbons (Fsp3) is 0.0545. The molecule has 2 aromatic heterocycles. The lowest BCUT2D eigenvalue weighted by molar-refractivity contribution is 0.661. The van der Waals surface area contributed by atoms with Crippen molar-refractivity contribution in [2.24, 2.45) is 0 Å². The van der Waals surface area contributed by atoms with Crippen molar-refractivity contribution >= 4 is 99.3 Å². The number of rotatable bonds is 12. The van der Waals surface area contributed by atoms with E-state index in [1.54, 1.807) is 0 Å². The Bertz CT molecular complexity index is 7110. The van der Waals surface area contributed by atoms with Gasteiger partial charge in [0, 0.05) is 77.9 Å². The molecule has 2 heterocycles. The van der Waals surface area contributed by atoms with Crippen LogP contribution in [-0.4, -0.2) is 9.13 Å². The summed E-state index contributed by atoms with van der Waals surface area (Å²) in [6.07, 6.45) is 0. The van der Waals surface area contributed by atoms with Crippen molar-refractivity contribution in [2.75, 3.05) is 9.80 Å². The van der Waals surface area contributed by atoms with Crippen molar-refractivity contribution in [3.8, 4) is 78.1 Å². The lowest BCUT2D eigenvalue weighted by atomic mass is 9.82. The average molecular weight is 1460 g/mol. The van der Waals surface area contributed by atoms with Crippen LogP contribution in [0.2, 0.25) is 0 Å². The van der Waals surface area contributed by atoms with Gasteiger partial charge in [0.2, 0.25) is 0 Å². The monoisotopic (exact) mass is 1460 g/mol. The van der Waals surface area contributed by atoms with Crippen molar-refractivity contribution in [1.82, 2.24) is 9.13 Å². The van der Waals surface area contributed by atoms with Gasteiger partial charge in [-0.25, -0.2) is 0 Å². The Hall–Kier alpha value is -14.3. The van der Waals surface area contributed by atoms with Crippen molar-refractivity contribution in [1.29, 1.82) is 0 Å². The van der Waals surface area contributed by atoms with E-state index in [1.165, 1.54) is 154 Å². The Kier molecular flexibility index (Phi) is 16.2. The van der Waals surface area contributed by atoms with E-state index < -0.39 is 0 Å². The molecule has 0 bridgehead atoms. The van der Waals surface area contributed by atoms with Crippen LogP contribution in [0.4, 0.5) is 34.1 Å². The molecule has 18 aromatic carbocycles. The number of aromatic nitrogens is 2. The van der Waals surface area contributed by atoms with Crippen LogP contribution in [0.3, 0.4) is 0 Å². The predicted octanol–water partition coefficient (Wildman–Crippen LogP) is 30.1. The Balaban J connectivity index is 0.000000143. The fourth-order valence-corrected chi connectivity index (χ4v) is 18.5. The van der Waals surface area contributed by atoms with Gasteiger partial charge in [-0.15, -0.1) is 0 Å². The van der Waals surface area contributed by atoms with E-state index >= 15 is 0 Å². The summed E-state index contributed by atoms with van der Waals surface area (Å²) in [5.74, 6) is 0. The number of anilines is 6. The highest BCUT2D eigenvalue weighted by Gasteiger charge is 2.38. The second-order valence-corrected chi connectivity index (χ2v) is 31.6. The molecule has 4 heteroatoms. The van der Waals surface area contributed by atoms with Crippen LogP contribution in [0.25, 0.3) is 143 Å². The van der Waals surface area contributed by atoms with Gasteiger partial charge in [0.05, 0.1) is 22.1 Å². The fourth-order valence-electron chi connectivity index (χ4n) is 18.5. The molecule has 540 valence electrons. The van der Waals surface area contributed by atoms with E-state index in [4.69, 9.17) is 0 Å². The lowest BCUT2D eigenvalue weighted by Crippen LogP contribution is -2.15. The van der Waals surface area contributed by atoms with Gasteiger partial charge in [0.25, 0.3) is 0 Å². The molecule has 0 unspecified atom stereocenters. The maximum Gasteiger partial charge on any atom is 0.0544 e. The Morgan fingerprint density at radius 2 is 0.518 bits per heavy atom. The zero-order valence-corrected chi connectivity index (χ0v) is 64.0. The molecule has 0 atom stereocenters. The molecule has 4 nitrogen and oxygen atoms in total. The third kappa shape index (κ3) is 11.5. The summed E-state index contributed by atoms with van der Waals surface area (Å²) in [4.78, 5) is 4.75. The Labute approximate surface area is 665 Å². The zero-order valence-electron chi connectivity index (χ0n) is 64.0. The molecular formula is C110H80N4. The van der Waals surface area contributed by atoms with Gasteiger partial charge >= 0.3 is 0 Å². The van der Waals surface area contributed by atoms with E-state index in [0.29, 0.717) is 0 Å². The highest BCUT2D eigenvalue weighted by atomic mass is 15.2. The van der Waals surface area contributed by atoms with Gasteiger partial charge in [-0.1, -0.05) is 301 Å². The van der Waals surface area contributed by atoms with Crippen molar-refractivity contribution in [2.45, 2.75) is 38.5 Å². The van der Waals surface area contributed by atoms with E-state index in [0.717, 1.165) is 45.5 Å². The molecule has 0 radical (unpaired) electrons. The van der Waals surface area contributed by atoms with E-state index in [1.807, 2.05) is 0 Å². The molecule has 20 aromatic rings. The molecule has 2 aliphatic rings. The standard InChI is InChI=1S/2C55H40N2/c1-55(2)51-21-10-8-19-47(51)49-35-50-48-20-9-11-22-53(48)57(54(50)36-52(49)55)46-18-12-17-45(34-46)56(43-29-25-39(26-30-43)37-13-4-3-5-14-37)44-31-27-40(28-32-44)42-24-23-38-15-6-7-16-41(38)33-42;1-55(2)51-18-10-8-16-47(51)49-35-50-48-17-9-11-19-53(48)57(54(50)36-52(49)55)46-32-30-45(31-33-46)56(43-26-22-39(23-27-43)37-12-4-3-5-13-37)44-28-24-40(25-29-44)42-21-20-38-14-6-7-15-41(38)34-42/h2*3-36H,1-2H3. The second-order valence-electron chi connectivity index (χ2n) is 31.6. The number of hydrogen-bond acceptors (Lipinski definition) is 2. The summed E-state index contributed by atoms with van der Waals surface area (Å²) in [5, 5.41) is 10.1. The molecule has 114 heavy (non-hydrogen) atoms. The smallest absolute Gasteiger partial charge is 0.0544 e. The summed E-state index contributed by atoms with van der Waals surface area (Å²) < 4.78 is 4.91. The van der Waals surface area contributed by atoms with Gasteiger partial charge < -0.3 is 18.9 Å². The predicted molar refractivity (Wildman–Crippen MR) is 483 cm³/mol. The van der Waals surface area contributed by atoms with Gasteiger partial charge in [0.15, 0.2) is 0 Å². The van der Waals surface area contributed by atoms with E-state index in [9.17, 15) is 0 Å². The van der Waals surface area contributed by atoms with Crippen LogP contribution in [-0.2, 0) is 10.8 Å². The molecule has 0 saturated carbocycles. The van der Waals surface area contributed by atoms with Crippen LogP contribution in [0.15, 0.2) is 413 Å². The first-order valence-electron chi connectivity index (χ1n) is 39.7. The summed E-state index contributed by atoms with van der Waals surface area (Å²) in [5.41, 5.74) is 34.2. The van der Waals surface area contributed by atoms with Crippen molar-refractivity contribution in [3.63, 3.8) is 0 Å². The molecule has 22 rings (SSSR count). The van der Waals surface area contributed by atoms with Gasteiger partial charge in [0.1, 0.15) is 0 Å². The number of nitrogens with zero attached hydrogens (tertiary/aromatic N) is 4. The molecule has 0 fully saturated rings.